The molecule has 1 saturated heterocycles. The highest BCUT2D eigenvalue weighted by molar-refractivity contribution is 4.86. The smallest absolute Gasteiger partial charge is 0.103 e. The summed E-state index contributed by atoms with van der Waals surface area (Å²) in [4.78, 5) is 0. The summed E-state index contributed by atoms with van der Waals surface area (Å²) in [7, 11) is 0. The summed E-state index contributed by atoms with van der Waals surface area (Å²) < 4.78 is 6.82. The first kappa shape index (κ1) is 6.82. The Bertz CT molecular complexity index is 222. The first-order valence-electron chi connectivity index (χ1n) is 3.63. The number of aliphatic hydroxyl groups is 1. The molecule has 4 heteroatoms. The third-order valence-electron chi connectivity index (χ3n) is 1.89. The zero-order valence-electron chi connectivity index (χ0n) is 6.05. The molecular weight excluding hydrogens is 144 g/mol. The second kappa shape index (κ2) is 2.64. The van der Waals surface area contributed by atoms with Crippen molar-refractivity contribution < 1.29 is 9.84 Å². The standard InChI is InChI=1S/C7H10N2O2/c10-7-5-11-4-6(7)9-3-1-2-8-9/h1-3,6-7,10H,4-5H2/t6-,7+/m0/s1. The van der Waals surface area contributed by atoms with Crippen LogP contribution < -0.4 is 0 Å². The van der Waals surface area contributed by atoms with Crippen LogP contribution in [0.25, 0.3) is 0 Å². The van der Waals surface area contributed by atoms with Crippen LogP contribution in [0.4, 0.5) is 0 Å². The molecule has 60 valence electrons. The van der Waals surface area contributed by atoms with E-state index >= 15 is 0 Å². The fraction of sp³-hybridized carbons (Fsp3) is 0.571. The molecule has 0 saturated carbocycles. The number of rotatable bonds is 1. The molecule has 1 aliphatic rings. The van der Waals surface area contributed by atoms with Gasteiger partial charge in [0.1, 0.15) is 12.1 Å². The molecule has 1 fully saturated rings. The van der Waals surface area contributed by atoms with Crippen molar-refractivity contribution in [1.29, 1.82) is 0 Å². The van der Waals surface area contributed by atoms with E-state index in [1.165, 1.54) is 0 Å². The first-order valence-corrected chi connectivity index (χ1v) is 3.63. The molecule has 2 heterocycles. The fourth-order valence-corrected chi connectivity index (χ4v) is 1.26. The molecule has 1 N–H and O–H groups in total. The molecule has 0 bridgehead atoms. The molecular formula is C7H10N2O2. The van der Waals surface area contributed by atoms with Gasteiger partial charge in [-0.1, -0.05) is 0 Å². The number of aliphatic hydroxyl groups excluding tert-OH is 1. The van der Waals surface area contributed by atoms with Crippen LogP contribution in [0.2, 0.25) is 0 Å². The average molecular weight is 154 g/mol. The van der Waals surface area contributed by atoms with Crippen LogP contribution in [0.5, 0.6) is 0 Å². The molecule has 0 amide bonds. The zero-order valence-corrected chi connectivity index (χ0v) is 6.05. The van der Waals surface area contributed by atoms with Gasteiger partial charge in [-0.15, -0.1) is 0 Å². The Morgan fingerprint density at radius 1 is 1.55 bits per heavy atom. The highest BCUT2D eigenvalue weighted by Gasteiger charge is 2.27. The van der Waals surface area contributed by atoms with Gasteiger partial charge in [0.15, 0.2) is 0 Å². The van der Waals surface area contributed by atoms with E-state index in [1.807, 2.05) is 12.3 Å². The van der Waals surface area contributed by atoms with Crippen LogP contribution in [-0.2, 0) is 4.74 Å². The summed E-state index contributed by atoms with van der Waals surface area (Å²) in [5.74, 6) is 0. The van der Waals surface area contributed by atoms with Gasteiger partial charge in [0.05, 0.1) is 13.2 Å². The molecule has 2 rings (SSSR count). The summed E-state index contributed by atoms with van der Waals surface area (Å²) in [5.41, 5.74) is 0. The van der Waals surface area contributed by atoms with Crippen molar-refractivity contribution in [1.82, 2.24) is 9.78 Å². The largest absolute Gasteiger partial charge is 0.388 e. The predicted octanol–water partition coefficient (Wildman–Crippen LogP) is -0.185. The Morgan fingerprint density at radius 3 is 3.00 bits per heavy atom. The number of hydrogen-bond acceptors (Lipinski definition) is 3. The van der Waals surface area contributed by atoms with Crippen LogP contribution in [-0.4, -0.2) is 34.2 Å². The van der Waals surface area contributed by atoms with Gasteiger partial charge in [-0.05, 0) is 6.07 Å². The maximum Gasteiger partial charge on any atom is 0.103 e. The Kier molecular flexibility index (Phi) is 1.63. The predicted molar refractivity (Wildman–Crippen MR) is 38.1 cm³/mol. The maximum absolute atomic E-state index is 9.37. The van der Waals surface area contributed by atoms with Gasteiger partial charge in [0.25, 0.3) is 0 Å². The van der Waals surface area contributed by atoms with E-state index in [1.54, 1.807) is 10.9 Å². The van der Waals surface area contributed by atoms with Crippen molar-refractivity contribution >= 4 is 0 Å². The topological polar surface area (TPSA) is 47.3 Å². The summed E-state index contributed by atoms with van der Waals surface area (Å²) >= 11 is 0. The Labute approximate surface area is 64.4 Å². The van der Waals surface area contributed by atoms with E-state index < -0.39 is 6.10 Å². The summed E-state index contributed by atoms with van der Waals surface area (Å²) in [6, 6.07) is 1.84. The van der Waals surface area contributed by atoms with Crippen molar-refractivity contribution in [3.05, 3.63) is 18.5 Å². The monoisotopic (exact) mass is 154 g/mol. The molecule has 4 nitrogen and oxygen atoms in total. The minimum atomic E-state index is -0.408. The molecule has 1 aromatic heterocycles. The lowest BCUT2D eigenvalue weighted by molar-refractivity contribution is 0.118. The van der Waals surface area contributed by atoms with Gasteiger partial charge in [0.2, 0.25) is 0 Å². The summed E-state index contributed by atoms with van der Waals surface area (Å²) in [5, 5.41) is 13.4. The van der Waals surface area contributed by atoms with Crippen LogP contribution in [0, 0.1) is 0 Å². The van der Waals surface area contributed by atoms with Gasteiger partial charge in [-0.25, -0.2) is 0 Å². The summed E-state index contributed by atoms with van der Waals surface area (Å²) in [6.07, 6.45) is 3.13. The second-order valence-electron chi connectivity index (χ2n) is 2.66. The van der Waals surface area contributed by atoms with Gasteiger partial charge in [-0.3, -0.25) is 4.68 Å². The minimum absolute atomic E-state index is 0.00463. The molecule has 0 radical (unpaired) electrons. The van der Waals surface area contributed by atoms with Crippen molar-refractivity contribution in [2.75, 3.05) is 13.2 Å². The zero-order chi connectivity index (χ0) is 7.68. The van der Waals surface area contributed by atoms with E-state index in [4.69, 9.17) is 4.74 Å². The third kappa shape index (κ3) is 1.15. The van der Waals surface area contributed by atoms with Gasteiger partial charge in [0, 0.05) is 12.4 Å². The highest BCUT2D eigenvalue weighted by atomic mass is 16.5. The van der Waals surface area contributed by atoms with E-state index in [9.17, 15) is 5.11 Å². The normalized spacial score (nSPS) is 31.0. The first-order chi connectivity index (χ1) is 5.38. The Hall–Kier alpha value is -0.870. The van der Waals surface area contributed by atoms with E-state index in [2.05, 4.69) is 5.10 Å². The number of nitrogens with zero attached hydrogens (tertiary/aromatic N) is 2. The quantitative estimate of drug-likeness (QED) is 0.610. The molecule has 0 aliphatic carbocycles. The van der Waals surface area contributed by atoms with Crippen molar-refractivity contribution in [2.24, 2.45) is 0 Å². The van der Waals surface area contributed by atoms with Crippen molar-refractivity contribution in [3.8, 4) is 0 Å². The van der Waals surface area contributed by atoms with Crippen LogP contribution in [0.3, 0.4) is 0 Å². The lowest BCUT2D eigenvalue weighted by Gasteiger charge is -2.11. The Morgan fingerprint density at radius 2 is 2.45 bits per heavy atom. The number of aromatic nitrogens is 2. The third-order valence-corrected chi connectivity index (χ3v) is 1.89. The van der Waals surface area contributed by atoms with E-state index in [0.29, 0.717) is 13.2 Å². The summed E-state index contributed by atoms with van der Waals surface area (Å²) in [6.45, 7) is 0.980. The highest BCUT2D eigenvalue weighted by Crippen LogP contribution is 2.17. The molecule has 0 spiro atoms. The molecule has 0 unspecified atom stereocenters. The lowest BCUT2D eigenvalue weighted by atomic mass is 10.2. The Balaban J connectivity index is 2.16. The molecule has 1 aromatic rings. The van der Waals surface area contributed by atoms with Gasteiger partial charge < -0.3 is 9.84 Å². The fourth-order valence-electron chi connectivity index (χ4n) is 1.26. The molecule has 1 aliphatic heterocycles. The van der Waals surface area contributed by atoms with Crippen LogP contribution in [0.1, 0.15) is 6.04 Å². The molecule has 2 atom stereocenters. The van der Waals surface area contributed by atoms with E-state index in [0.717, 1.165) is 0 Å². The van der Waals surface area contributed by atoms with Gasteiger partial charge >= 0.3 is 0 Å². The minimum Gasteiger partial charge on any atom is -0.388 e. The van der Waals surface area contributed by atoms with Crippen molar-refractivity contribution in [2.45, 2.75) is 12.1 Å². The lowest BCUT2D eigenvalue weighted by Crippen LogP contribution is -2.22. The number of hydrogen-bond donors (Lipinski definition) is 1. The van der Waals surface area contributed by atoms with Crippen LogP contribution in [0.15, 0.2) is 18.5 Å². The maximum atomic E-state index is 9.37. The molecule has 0 aromatic carbocycles. The SMILES string of the molecule is O[C@@H]1COC[C@@H]1n1cccn1. The average Bonchev–Trinajstić information content (AvgIpc) is 2.55. The van der Waals surface area contributed by atoms with Gasteiger partial charge in [-0.2, -0.15) is 5.10 Å². The van der Waals surface area contributed by atoms with E-state index in [-0.39, 0.29) is 6.04 Å². The van der Waals surface area contributed by atoms with Crippen molar-refractivity contribution in [3.63, 3.8) is 0 Å². The second-order valence-corrected chi connectivity index (χ2v) is 2.66. The molecule has 11 heavy (non-hydrogen) atoms. The van der Waals surface area contributed by atoms with Crippen LogP contribution >= 0.6 is 0 Å². The number of ether oxygens (including phenoxy) is 1.